The number of pyridine rings is 1. The van der Waals surface area contributed by atoms with Crippen LogP contribution in [0.3, 0.4) is 0 Å². The molecule has 0 aliphatic carbocycles. The molecule has 3 rings (SSSR count). The lowest BCUT2D eigenvalue weighted by molar-refractivity contribution is -0.139. The number of carbonyl (C=O) groups excluding carboxylic acids is 3. The number of likely N-dealkylation sites (tertiary alicyclic amines) is 1. The summed E-state index contributed by atoms with van der Waals surface area (Å²) in [7, 11) is 0. The second kappa shape index (κ2) is 4.92. The van der Waals surface area contributed by atoms with Crippen molar-refractivity contribution in [2.24, 2.45) is 0 Å². The van der Waals surface area contributed by atoms with Crippen LogP contribution in [0.1, 0.15) is 11.6 Å². The Balaban J connectivity index is 1.54. The second-order valence-corrected chi connectivity index (χ2v) is 4.89. The van der Waals surface area contributed by atoms with Gasteiger partial charge in [0.05, 0.1) is 6.54 Å². The minimum absolute atomic E-state index is 0.0251. The van der Waals surface area contributed by atoms with Gasteiger partial charge in [-0.15, -0.1) is 0 Å². The van der Waals surface area contributed by atoms with Crippen molar-refractivity contribution in [2.75, 3.05) is 26.2 Å². The maximum Gasteiger partial charge on any atom is 0.325 e. The summed E-state index contributed by atoms with van der Waals surface area (Å²) in [5, 5.41) is 2.39. The minimum Gasteiger partial charge on any atom is -0.340 e. The minimum atomic E-state index is -0.495. The fourth-order valence-electron chi connectivity index (χ4n) is 2.34. The number of amides is 4. The Morgan fingerprint density at radius 3 is 2.75 bits per heavy atom. The Morgan fingerprint density at radius 1 is 1.35 bits per heavy atom. The Hall–Kier alpha value is -2.44. The average molecular weight is 274 g/mol. The van der Waals surface area contributed by atoms with Crippen LogP contribution in [0.5, 0.6) is 0 Å². The lowest BCUT2D eigenvalue weighted by atomic mass is 9.95. The number of carbonyl (C=O) groups is 3. The molecule has 7 nitrogen and oxygen atoms in total. The maximum atomic E-state index is 12.0. The van der Waals surface area contributed by atoms with E-state index in [-0.39, 0.29) is 30.8 Å². The van der Waals surface area contributed by atoms with Crippen LogP contribution in [0.15, 0.2) is 24.4 Å². The van der Waals surface area contributed by atoms with Gasteiger partial charge in [0.15, 0.2) is 0 Å². The molecule has 0 spiro atoms. The molecule has 1 aromatic heterocycles. The molecular weight excluding hydrogens is 260 g/mol. The van der Waals surface area contributed by atoms with Crippen molar-refractivity contribution in [3.05, 3.63) is 30.1 Å². The Morgan fingerprint density at radius 2 is 2.15 bits per heavy atom. The number of rotatable bonds is 3. The largest absolute Gasteiger partial charge is 0.340 e. The first-order chi connectivity index (χ1) is 9.65. The van der Waals surface area contributed by atoms with Crippen molar-refractivity contribution in [2.45, 2.75) is 5.92 Å². The summed E-state index contributed by atoms with van der Waals surface area (Å²) in [6.07, 6.45) is 1.73. The number of aromatic nitrogens is 1. The topological polar surface area (TPSA) is 82.6 Å². The van der Waals surface area contributed by atoms with Gasteiger partial charge in [-0.05, 0) is 12.1 Å². The van der Waals surface area contributed by atoms with Crippen LogP contribution in [0.25, 0.3) is 0 Å². The fraction of sp³-hybridized carbons (Fsp3) is 0.385. The van der Waals surface area contributed by atoms with Gasteiger partial charge < -0.3 is 10.2 Å². The molecule has 0 bridgehead atoms. The van der Waals surface area contributed by atoms with Crippen LogP contribution < -0.4 is 5.32 Å². The fourth-order valence-corrected chi connectivity index (χ4v) is 2.34. The molecule has 2 aliphatic heterocycles. The van der Waals surface area contributed by atoms with E-state index in [1.807, 2.05) is 18.2 Å². The van der Waals surface area contributed by atoms with Crippen molar-refractivity contribution in [1.82, 2.24) is 20.1 Å². The molecule has 0 aromatic carbocycles. The van der Waals surface area contributed by atoms with Crippen molar-refractivity contribution in [3.8, 4) is 0 Å². The van der Waals surface area contributed by atoms with Crippen LogP contribution in [0.2, 0.25) is 0 Å². The van der Waals surface area contributed by atoms with Gasteiger partial charge in [-0.1, -0.05) is 6.07 Å². The summed E-state index contributed by atoms with van der Waals surface area (Å²) >= 11 is 0. The number of hydrogen-bond acceptors (Lipinski definition) is 4. The molecule has 20 heavy (non-hydrogen) atoms. The monoisotopic (exact) mass is 274 g/mol. The molecule has 1 aromatic rings. The van der Waals surface area contributed by atoms with E-state index in [0.717, 1.165) is 10.6 Å². The van der Waals surface area contributed by atoms with E-state index in [0.29, 0.717) is 13.1 Å². The maximum absolute atomic E-state index is 12.0. The first-order valence-corrected chi connectivity index (χ1v) is 6.42. The van der Waals surface area contributed by atoms with Gasteiger partial charge >= 0.3 is 6.03 Å². The number of urea groups is 1. The van der Waals surface area contributed by atoms with Gasteiger partial charge in [-0.3, -0.25) is 19.5 Å². The second-order valence-electron chi connectivity index (χ2n) is 4.89. The summed E-state index contributed by atoms with van der Waals surface area (Å²) in [5.74, 6) is -0.323. The van der Waals surface area contributed by atoms with E-state index in [2.05, 4.69) is 10.3 Å². The van der Waals surface area contributed by atoms with E-state index >= 15 is 0 Å². The third-order valence-corrected chi connectivity index (χ3v) is 3.57. The molecule has 0 radical (unpaired) electrons. The Labute approximate surface area is 115 Å². The molecule has 0 atom stereocenters. The number of hydrogen-bond donors (Lipinski definition) is 1. The standard InChI is InChI=1S/C13H14N4O3/c18-11-5-15-13(20)17(11)8-12(19)16-6-9(7-16)10-3-1-2-4-14-10/h1-4,9H,5-8H2,(H,15,20). The van der Waals surface area contributed by atoms with Gasteiger partial charge in [-0.2, -0.15) is 0 Å². The average Bonchev–Trinajstić information content (AvgIpc) is 2.70. The highest BCUT2D eigenvalue weighted by Crippen LogP contribution is 2.25. The molecule has 2 saturated heterocycles. The summed E-state index contributed by atoms with van der Waals surface area (Å²) in [6, 6.07) is 5.21. The highest BCUT2D eigenvalue weighted by molar-refractivity contribution is 6.04. The lowest BCUT2D eigenvalue weighted by Crippen LogP contribution is -2.52. The zero-order chi connectivity index (χ0) is 14.1. The van der Waals surface area contributed by atoms with Gasteiger partial charge in [0.25, 0.3) is 5.91 Å². The molecule has 4 amide bonds. The molecule has 2 fully saturated rings. The van der Waals surface area contributed by atoms with E-state index in [9.17, 15) is 14.4 Å². The molecule has 104 valence electrons. The molecule has 2 aliphatic rings. The third-order valence-electron chi connectivity index (χ3n) is 3.57. The summed E-state index contributed by atoms with van der Waals surface area (Å²) < 4.78 is 0. The van der Waals surface area contributed by atoms with Gasteiger partial charge in [0, 0.05) is 30.9 Å². The molecule has 7 heteroatoms. The molecule has 0 unspecified atom stereocenters. The summed E-state index contributed by atoms with van der Waals surface area (Å²) in [4.78, 5) is 41.6. The SMILES string of the molecule is O=C(CN1C(=O)CNC1=O)N1CC(c2ccccn2)C1. The number of nitrogens with zero attached hydrogens (tertiary/aromatic N) is 3. The van der Waals surface area contributed by atoms with E-state index in [4.69, 9.17) is 0 Å². The Kier molecular flexibility index (Phi) is 3.09. The predicted octanol–water partition coefficient (Wildman–Crippen LogP) is -0.441. The highest BCUT2D eigenvalue weighted by Gasteiger charge is 2.36. The summed E-state index contributed by atoms with van der Waals surface area (Å²) in [5.41, 5.74) is 0.964. The highest BCUT2D eigenvalue weighted by atomic mass is 16.2. The van der Waals surface area contributed by atoms with Gasteiger partial charge in [-0.25, -0.2) is 4.79 Å². The van der Waals surface area contributed by atoms with Crippen molar-refractivity contribution >= 4 is 17.8 Å². The van der Waals surface area contributed by atoms with Crippen molar-refractivity contribution < 1.29 is 14.4 Å². The van der Waals surface area contributed by atoms with E-state index in [1.165, 1.54) is 0 Å². The van der Waals surface area contributed by atoms with Crippen LogP contribution in [-0.2, 0) is 9.59 Å². The first-order valence-electron chi connectivity index (χ1n) is 6.42. The van der Waals surface area contributed by atoms with Crippen LogP contribution in [-0.4, -0.2) is 58.8 Å². The van der Waals surface area contributed by atoms with Crippen LogP contribution in [0, 0.1) is 0 Å². The van der Waals surface area contributed by atoms with Crippen LogP contribution >= 0.6 is 0 Å². The van der Waals surface area contributed by atoms with Crippen LogP contribution in [0.4, 0.5) is 4.79 Å². The number of imide groups is 1. The zero-order valence-corrected chi connectivity index (χ0v) is 10.8. The zero-order valence-electron chi connectivity index (χ0n) is 10.8. The molecule has 3 heterocycles. The predicted molar refractivity (Wildman–Crippen MR) is 68.7 cm³/mol. The molecular formula is C13H14N4O3. The van der Waals surface area contributed by atoms with Gasteiger partial charge in [0.2, 0.25) is 5.91 Å². The van der Waals surface area contributed by atoms with E-state index in [1.54, 1.807) is 11.1 Å². The number of nitrogens with one attached hydrogen (secondary N) is 1. The smallest absolute Gasteiger partial charge is 0.325 e. The van der Waals surface area contributed by atoms with Crippen molar-refractivity contribution in [3.63, 3.8) is 0 Å². The first kappa shape index (κ1) is 12.6. The summed E-state index contributed by atoms with van der Waals surface area (Å²) in [6.45, 7) is 0.960. The normalized spacial score (nSPS) is 19.0. The molecule has 1 N–H and O–H groups in total. The lowest BCUT2D eigenvalue weighted by Gasteiger charge is -2.39. The molecule has 0 saturated carbocycles. The quantitative estimate of drug-likeness (QED) is 0.757. The van der Waals surface area contributed by atoms with E-state index < -0.39 is 6.03 Å². The Bertz CT molecular complexity index is 538. The third kappa shape index (κ3) is 2.22. The van der Waals surface area contributed by atoms with Gasteiger partial charge in [0.1, 0.15) is 6.54 Å². The van der Waals surface area contributed by atoms with Crippen molar-refractivity contribution in [1.29, 1.82) is 0 Å².